The summed E-state index contributed by atoms with van der Waals surface area (Å²) >= 11 is 0. The van der Waals surface area contributed by atoms with Gasteiger partial charge >= 0.3 is 0 Å². The van der Waals surface area contributed by atoms with Gasteiger partial charge in [0.25, 0.3) is 0 Å². The number of hydrogen-bond donors (Lipinski definition) is 1. The van der Waals surface area contributed by atoms with Gasteiger partial charge in [0, 0.05) is 13.1 Å². The Bertz CT molecular complexity index is 718. The largest absolute Gasteiger partial charge is 0.489 e. The summed E-state index contributed by atoms with van der Waals surface area (Å²) in [5.41, 5.74) is 8.46. The number of carbonyl (C=O) groups is 1. The zero-order valence-electron chi connectivity index (χ0n) is 12.8. The average Bonchev–Trinajstić information content (AvgIpc) is 2.52. The summed E-state index contributed by atoms with van der Waals surface area (Å²) in [4.78, 5) is 13.1. The minimum Gasteiger partial charge on any atom is -0.489 e. The summed E-state index contributed by atoms with van der Waals surface area (Å²) in [5, 5.41) is 0. The molecule has 0 radical (unpaired) electrons. The monoisotopic (exact) mass is 314 g/mol. The Labute approximate surface area is 134 Å². The van der Waals surface area contributed by atoms with Crippen LogP contribution in [0, 0.1) is 5.82 Å². The van der Waals surface area contributed by atoms with Crippen molar-refractivity contribution in [1.82, 2.24) is 4.90 Å². The highest BCUT2D eigenvalue weighted by Gasteiger charge is 2.17. The van der Waals surface area contributed by atoms with Crippen molar-refractivity contribution in [2.75, 3.05) is 13.1 Å². The fourth-order valence-corrected chi connectivity index (χ4v) is 2.83. The second-order valence-electron chi connectivity index (χ2n) is 5.78. The van der Waals surface area contributed by atoms with Gasteiger partial charge < -0.3 is 10.5 Å². The molecule has 2 aromatic carbocycles. The number of carbonyl (C=O) groups excluding carboxylic acids is 1. The van der Waals surface area contributed by atoms with Gasteiger partial charge in [-0.1, -0.05) is 18.2 Å². The van der Waals surface area contributed by atoms with Crippen LogP contribution < -0.4 is 10.5 Å². The number of amides is 1. The number of rotatable bonds is 5. The Morgan fingerprint density at radius 3 is 2.87 bits per heavy atom. The molecule has 0 saturated carbocycles. The first-order valence-corrected chi connectivity index (χ1v) is 7.60. The van der Waals surface area contributed by atoms with E-state index < -0.39 is 0 Å². The molecule has 0 bridgehead atoms. The highest BCUT2D eigenvalue weighted by Crippen LogP contribution is 2.24. The molecule has 0 unspecified atom stereocenters. The fraction of sp³-hybridized carbons (Fsp3) is 0.278. The van der Waals surface area contributed by atoms with Gasteiger partial charge in [-0.2, -0.15) is 0 Å². The molecule has 1 amide bonds. The molecule has 120 valence electrons. The Morgan fingerprint density at radius 1 is 1.22 bits per heavy atom. The van der Waals surface area contributed by atoms with Gasteiger partial charge in [0.05, 0.1) is 6.54 Å². The predicted molar refractivity (Wildman–Crippen MR) is 85.3 cm³/mol. The normalized spacial score (nSPS) is 14.3. The SMILES string of the molecule is NC(=O)CN1CCc2cc(OCc3cccc(F)c3)ccc2C1. The van der Waals surface area contributed by atoms with E-state index in [-0.39, 0.29) is 18.3 Å². The molecular weight excluding hydrogens is 295 g/mol. The van der Waals surface area contributed by atoms with Crippen LogP contribution in [0.1, 0.15) is 16.7 Å². The maximum Gasteiger partial charge on any atom is 0.231 e. The van der Waals surface area contributed by atoms with Crippen molar-refractivity contribution < 1.29 is 13.9 Å². The first-order chi connectivity index (χ1) is 11.1. The molecule has 23 heavy (non-hydrogen) atoms. The molecule has 0 saturated heterocycles. The number of halogens is 1. The minimum absolute atomic E-state index is 0.258. The van der Waals surface area contributed by atoms with Gasteiger partial charge in [-0.05, 0) is 47.4 Å². The highest BCUT2D eigenvalue weighted by atomic mass is 19.1. The van der Waals surface area contributed by atoms with Crippen molar-refractivity contribution in [1.29, 1.82) is 0 Å². The molecule has 0 aromatic heterocycles. The second-order valence-corrected chi connectivity index (χ2v) is 5.78. The van der Waals surface area contributed by atoms with Crippen LogP contribution in [0.3, 0.4) is 0 Å². The molecule has 0 fully saturated rings. The predicted octanol–water partition coefficient (Wildman–Crippen LogP) is 2.25. The first-order valence-electron chi connectivity index (χ1n) is 7.60. The summed E-state index contributed by atoms with van der Waals surface area (Å²) in [7, 11) is 0. The highest BCUT2D eigenvalue weighted by molar-refractivity contribution is 5.75. The Kier molecular flexibility index (Phi) is 4.57. The lowest BCUT2D eigenvalue weighted by molar-refractivity contribution is -0.119. The quantitative estimate of drug-likeness (QED) is 0.921. The summed E-state index contributed by atoms with van der Waals surface area (Å²) in [6, 6.07) is 12.4. The van der Waals surface area contributed by atoms with Crippen molar-refractivity contribution in [2.45, 2.75) is 19.6 Å². The zero-order valence-corrected chi connectivity index (χ0v) is 12.8. The lowest BCUT2D eigenvalue weighted by Gasteiger charge is -2.27. The molecule has 1 aliphatic rings. The van der Waals surface area contributed by atoms with Crippen LogP contribution in [0.25, 0.3) is 0 Å². The molecule has 0 aliphatic carbocycles. The second kappa shape index (κ2) is 6.79. The summed E-state index contributed by atoms with van der Waals surface area (Å²) in [6.45, 7) is 2.16. The van der Waals surface area contributed by atoms with Crippen LogP contribution in [-0.2, 0) is 24.4 Å². The van der Waals surface area contributed by atoms with Gasteiger partial charge in [0.2, 0.25) is 5.91 Å². The number of primary amides is 1. The van der Waals surface area contributed by atoms with Crippen LogP contribution in [0.2, 0.25) is 0 Å². The van der Waals surface area contributed by atoms with E-state index in [0.717, 1.165) is 30.8 Å². The maximum atomic E-state index is 13.2. The van der Waals surface area contributed by atoms with Gasteiger partial charge in [0.1, 0.15) is 18.2 Å². The fourth-order valence-electron chi connectivity index (χ4n) is 2.83. The van der Waals surface area contributed by atoms with Crippen LogP contribution >= 0.6 is 0 Å². The van der Waals surface area contributed by atoms with Crippen LogP contribution in [-0.4, -0.2) is 23.9 Å². The standard InChI is InChI=1S/C18H19FN2O2/c19-16-3-1-2-13(8-16)12-23-17-5-4-15-10-21(11-18(20)22)7-6-14(15)9-17/h1-5,8-9H,6-7,10-12H2,(H2,20,22). The molecule has 2 aromatic rings. The Hall–Kier alpha value is -2.40. The van der Waals surface area contributed by atoms with E-state index in [1.807, 2.05) is 29.2 Å². The van der Waals surface area contributed by atoms with E-state index in [9.17, 15) is 9.18 Å². The van der Waals surface area contributed by atoms with Crippen molar-refractivity contribution in [3.05, 3.63) is 65.0 Å². The molecule has 5 heteroatoms. The van der Waals surface area contributed by atoms with Gasteiger partial charge in [0.15, 0.2) is 0 Å². The van der Waals surface area contributed by atoms with E-state index in [4.69, 9.17) is 10.5 Å². The number of nitrogens with two attached hydrogens (primary N) is 1. The summed E-state index contributed by atoms with van der Waals surface area (Å²) in [6.07, 6.45) is 0.861. The smallest absolute Gasteiger partial charge is 0.231 e. The van der Waals surface area contributed by atoms with E-state index in [1.165, 1.54) is 23.3 Å². The molecule has 3 rings (SSSR count). The van der Waals surface area contributed by atoms with Crippen molar-refractivity contribution in [3.8, 4) is 5.75 Å². The first kappa shape index (κ1) is 15.5. The molecule has 0 atom stereocenters. The summed E-state index contributed by atoms with van der Waals surface area (Å²) < 4.78 is 18.9. The minimum atomic E-state index is -0.302. The average molecular weight is 314 g/mol. The topological polar surface area (TPSA) is 55.6 Å². The van der Waals surface area contributed by atoms with Crippen LogP contribution in [0.15, 0.2) is 42.5 Å². The Morgan fingerprint density at radius 2 is 2.09 bits per heavy atom. The number of hydrogen-bond acceptors (Lipinski definition) is 3. The lowest BCUT2D eigenvalue weighted by Crippen LogP contribution is -2.37. The lowest BCUT2D eigenvalue weighted by atomic mass is 9.99. The van der Waals surface area contributed by atoms with E-state index in [1.54, 1.807) is 6.07 Å². The molecule has 0 spiro atoms. The van der Waals surface area contributed by atoms with E-state index in [2.05, 4.69) is 0 Å². The van der Waals surface area contributed by atoms with Gasteiger partial charge in [-0.15, -0.1) is 0 Å². The van der Waals surface area contributed by atoms with Crippen molar-refractivity contribution in [2.24, 2.45) is 5.73 Å². The molecule has 2 N–H and O–H groups in total. The van der Waals surface area contributed by atoms with E-state index in [0.29, 0.717) is 6.61 Å². The van der Waals surface area contributed by atoms with Gasteiger partial charge in [-0.25, -0.2) is 4.39 Å². The molecule has 1 aliphatic heterocycles. The van der Waals surface area contributed by atoms with Gasteiger partial charge in [-0.3, -0.25) is 9.69 Å². The van der Waals surface area contributed by atoms with Crippen LogP contribution in [0.5, 0.6) is 5.75 Å². The maximum absolute atomic E-state index is 13.2. The van der Waals surface area contributed by atoms with Crippen molar-refractivity contribution in [3.63, 3.8) is 0 Å². The number of fused-ring (bicyclic) bond motifs is 1. The number of nitrogens with zero attached hydrogens (tertiary/aromatic N) is 1. The molecular formula is C18H19FN2O2. The Balaban J connectivity index is 1.64. The zero-order chi connectivity index (χ0) is 16.2. The third-order valence-electron chi connectivity index (χ3n) is 3.94. The van der Waals surface area contributed by atoms with E-state index >= 15 is 0 Å². The van der Waals surface area contributed by atoms with Crippen molar-refractivity contribution >= 4 is 5.91 Å². The number of benzene rings is 2. The molecule has 4 nitrogen and oxygen atoms in total. The summed E-state index contributed by atoms with van der Waals surface area (Å²) in [5.74, 6) is 0.214. The third-order valence-corrected chi connectivity index (χ3v) is 3.94. The third kappa shape index (κ3) is 4.07. The molecule has 1 heterocycles. The van der Waals surface area contributed by atoms with Crippen LogP contribution in [0.4, 0.5) is 4.39 Å². The number of ether oxygens (including phenoxy) is 1.